The number of benzene rings is 1. The number of rotatable bonds is 2. The standard InChI is InChI=1S/C13H14ClNO2S/c1-11(8-9-15(2)18(3,16)17)10-12-4-6-13(14)7-5-12/h4-7,10H,1-3H3/b11-10+. The molecular formula is C13H14ClNO2S. The van der Waals surface area contributed by atoms with Crippen molar-refractivity contribution in [3.05, 3.63) is 40.4 Å². The summed E-state index contributed by atoms with van der Waals surface area (Å²) in [5.74, 6) is 2.78. The van der Waals surface area contributed by atoms with Gasteiger partial charge in [0.1, 0.15) is 0 Å². The third kappa shape index (κ3) is 4.82. The van der Waals surface area contributed by atoms with Gasteiger partial charge in [-0.05, 0) is 36.6 Å². The van der Waals surface area contributed by atoms with E-state index in [4.69, 9.17) is 11.6 Å². The monoisotopic (exact) mass is 283 g/mol. The predicted octanol–water partition coefficient (Wildman–Crippen LogP) is 2.60. The van der Waals surface area contributed by atoms with Crippen molar-refractivity contribution >= 4 is 27.7 Å². The van der Waals surface area contributed by atoms with E-state index >= 15 is 0 Å². The van der Waals surface area contributed by atoms with Gasteiger partial charge >= 0.3 is 0 Å². The molecular weight excluding hydrogens is 270 g/mol. The molecule has 1 aromatic carbocycles. The van der Waals surface area contributed by atoms with E-state index in [1.54, 1.807) is 12.1 Å². The Hall–Kier alpha value is -1.44. The third-order valence-corrected chi connectivity index (χ3v) is 3.50. The highest BCUT2D eigenvalue weighted by molar-refractivity contribution is 7.88. The van der Waals surface area contributed by atoms with Crippen LogP contribution in [0, 0.1) is 12.0 Å². The summed E-state index contributed by atoms with van der Waals surface area (Å²) in [5.41, 5.74) is 1.74. The molecule has 0 aliphatic rings. The molecule has 0 atom stereocenters. The number of hydrogen-bond donors (Lipinski definition) is 0. The molecule has 1 rings (SSSR count). The Labute approximate surface area is 113 Å². The van der Waals surface area contributed by atoms with Crippen LogP contribution in [0.4, 0.5) is 0 Å². The van der Waals surface area contributed by atoms with Gasteiger partial charge in [-0.3, -0.25) is 0 Å². The number of hydrogen-bond acceptors (Lipinski definition) is 2. The summed E-state index contributed by atoms with van der Waals surface area (Å²) in [7, 11) is -1.85. The zero-order valence-electron chi connectivity index (χ0n) is 10.4. The van der Waals surface area contributed by atoms with Gasteiger partial charge in [-0.15, -0.1) is 0 Å². The van der Waals surface area contributed by atoms with Gasteiger partial charge in [0.25, 0.3) is 0 Å². The number of sulfonamides is 1. The maximum Gasteiger partial charge on any atom is 0.238 e. The molecule has 96 valence electrons. The lowest BCUT2D eigenvalue weighted by atomic mass is 10.1. The number of nitrogens with zero attached hydrogens (tertiary/aromatic N) is 1. The van der Waals surface area contributed by atoms with E-state index in [1.807, 2.05) is 25.1 Å². The minimum absolute atomic E-state index is 0.674. The van der Waals surface area contributed by atoms with E-state index in [0.717, 1.165) is 21.7 Å². The predicted molar refractivity (Wildman–Crippen MR) is 75.5 cm³/mol. The lowest BCUT2D eigenvalue weighted by Gasteiger charge is -2.05. The van der Waals surface area contributed by atoms with Gasteiger partial charge in [-0.2, -0.15) is 0 Å². The van der Waals surface area contributed by atoms with Crippen molar-refractivity contribution in [3.63, 3.8) is 0 Å². The second-order valence-corrected chi connectivity index (χ2v) is 6.30. The lowest BCUT2D eigenvalue weighted by Crippen LogP contribution is -2.19. The molecule has 0 bridgehead atoms. The van der Waals surface area contributed by atoms with Crippen molar-refractivity contribution in [2.24, 2.45) is 0 Å². The van der Waals surface area contributed by atoms with Crippen LogP contribution >= 0.6 is 11.6 Å². The van der Waals surface area contributed by atoms with E-state index in [2.05, 4.69) is 12.0 Å². The van der Waals surface area contributed by atoms with Crippen molar-refractivity contribution in [3.8, 4) is 12.0 Å². The van der Waals surface area contributed by atoms with Crippen LogP contribution in [0.1, 0.15) is 12.5 Å². The smallest absolute Gasteiger partial charge is 0.232 e. The second kappa shape index (κ2) is 5.94. The van der Waals surface area contributed by atoms with E-state index in [9.17, 15) is 8.42 Å². The molecule has 5 heteroatoms. The maximum atomic E-state index is 11.1. The lowest BCUT2D eigenvalue weighted by molar-refractivity contribution is 0.554. The Kier molecular flexibility index (Phi) is 4.83. The van der Waals surface area contributed by atoms with Gasteiger partial charge in [0, 0.05) is 23.7 Å². The first-order valence-corrected chi connectivity index (χ1v) is 7.41. The van der Waals surface area contributed by atoms with Gasteiger partial charge in [0.15, 0.2) is 0 Å². The number of halogens is 1. The molecule has 0 radical (unpaired) electrons. The summed E-state index contributed by atoms with van der Waals surface area (Å²) in [4.78, 5) is 0. The fourth-order valence-corrected chi connectivity index (χ4v) is 1.43. The molecule has 0 aliphatic carbocycles. The first kappa shape index (κ1) is 14.6. The molecule has 0 N–H and O–H groups in total. The fourth-order valence-electron chi connectivity index (χ4n) is 1.09. The van der Waals surface area contributed by atoms with Gasteiger partial charge in [-0.25, -0.2) is 12.7 Å². The summed E-state index contributed by atoms with van der Waals surface area (Å²) < 4.78 is 23.2. The van der Waals surface area contributed by atoms with Crippen LogP contribution in [-0.2, 0) is 10.0 Å². The Morgan fingerprint density at radius 2 is 1.89 bits per heavy atom. The third-order valence-electron chi connectivity index (χ3n) is 2.16. The molecule has 0 aromatic heterocycles. The number of allylic oxidation sites excluding steroid dienone is 1. The van der Waals surface area contributed by atoms with Gasteiger partial charge in [0.05, 0.1) is 6.26 Å². The van der Waals surface area contributed by atoms with Crippen LogP contribution in [0.2, 0.25) is 5.02 Å². The quantitative estimate of drug-likeness (QED) is 0.618. The summed E-state index contributed by atoms with van der Waals surface area (Å²) in [6.45, 7) is 1.82. The zero-order chi connectivity index (χ0) is 13.8. The van der Waals surface area contributed by atoms with Crippen LogP contribution in [0.15, 0.2) is 29.8 Å². The van der Waals surface area contributed by atoms with Crippen LogP contribution in [0.5, 0.6) is 0 Å². The minimum Gasteiger partial charge on any atom is -0.232 e. The van der Waals surface area contributed by atoms with Crippen molar-refractivity contribution in [2.45, 2.75) is 6.92 Å². The molecule has 0 fully saturated rings. The summed E-state index contributed by atoms with van der Waals surface area (Å²) in [6, 6.07) is 9.87. The summed E-state index contributed by atoms with van der Waals surface area (Å²) in [5, 5.41) is 0.674. The molecule has 0 saturated heterocycles. The van der Waals surface area contributed by atoms with E-state index in [0.29, 0.717) is 5.02 Å². The average Bonchev–Trinajstić information content (AvgIpc) is 2.28. The van der Waals surface area contributed by atoms with Crippen LogP contribution in [0.3, 0.4) is 0 Å². The second-order valence-electron chi connectivity index (χ2n) is 3.85. The molecule has 18 heavy (non-hydrogen) atoms. The molecule has 1 aromatic rings. The Bertz CT molecular complexity index is 607. The first-order valence-electron chi connectivity index (χ1n) is 5.18. The average molecular weight is 284 g/mol. The molecule has 3 nitrogen and oxygen atoms in total. The van der Waals surface area contributed by atoms with Gasteiger partial charge in [-0.1, -0.05) is 23.7 Å². The molecule has 0 heterocycles. The fraction of sp³-hybridized carbons (Fsp3) is 0.231. The maximum absolute atomic E-state index is 11.1. The summed E-state index contributed by atoms with van der Waals surface area (Å²) >= 11 is 5.78. The largest absolute Gasteiger partial charge is 0.238 e. The molecule has 0 spiro atoms. The van der Waals surface area contributed by atoms with Gasteiger partial charge in [0.2, 0.25) is 10.0 Å². The van der Waals surface area contributed by atoms with Crippen LogP contribution in [-0.4, -0.2) is 26.0 Å². The highest BCUT2D eigenvalue weighted by Crippen LogP contribution is 2.12. The van der Waals surface area contributed by atoms with Crippen molar-refractivity contribution < 1.29 is 8.42 Å². The van der Waals surface area contributed by atoms with E-state index in [1.165, 1.54) is 7.05 Å². The minimum atomic E-state index is -3.26. The van der Waals surface area contributed by atoms with Crippen molar-refractivity contribution in [2.75, 3.05) is 13.3 Å². The van der Waals surface area contributed by atoms with E-state index < -0.39 is 10.0 Å². The highest BCUT2D eigenvalue weighted by Gasteiger charge is 2.04. The van der Waals surface area contributed by atoms with Crippen LogP contribution in [0.25, 0.3) is 6.08 Å². The topological polar surface area (TPSA) is 37.4 Å². The molecule has 0 amide bonds. The molecule has 0 unspecified atom stereocenters. The molecule has 0 aliphatic heterocycles. The van der Waals surface area contributed by atoms with E-state index in [-0.39, 0.29) is 0 Å². The zero-order valence-corrected chi connectivity index (χ0v) is 12.0. The Morgan fingerprint density at radius 1 is 1.33 bits per heavy atom. The van der Waals surface area contributed by atoms with Crippen molar-refractivity contribution in [1.82, 2.24) is 4.31 Å². The first-order chi connectivity index (χ1) is 8.29. The molecule has 0 saturated carbocycles. The van der Waals surface area contributed by atoms with Gasteiger partial charge < -0.3 is 0 Å². The van der Waals surface area contributed by atoms with Crippen LogP contribution < -0.4 is 0 Å². The highest BCUT2D eigenvalue weighted by atomic mass is 35.5. The Morgan fingerprint density at radius 3 is 2.39 bits per heavy atom. The normalized spacial score (nSPS) is 11.7. The SMILES string of the molecule is C/C(C#CN(C)S(C)(=O)=O)=C\c1ccc(Cl)cc1. The Balaban J connectivity index is 2.86. The van der Waals surface area contributed by atoms with Crippen molar-refractivity contribution in [1.29, 1.82) is 0 Å². The summed E-state index contributed by atoms with van der Waals surface area (Å²) in [6.07, 6.45) is 2.97.